The number of alkyl halides is 4. The van der Waals surface area contributed by atoms with E-state index in [0.29, 0.717) is 40.8 Å². The predicted octanol–water partition coefficient (Wildman–Crippen LogP) is 3.56. The summed E-state index contributed by atoms with van der Waals surface area (Å²) < 4.78 is 63.3. The van der Waals surface area contributed by atoms with Gasteiger partial charge in [0.15, 0.2) is 0 Å². The van der Waals surface area contributed by atoms with Crippen LogP contribution in [0.2, 0.25) is 0 Å². The molecular formula is C22H24F4N8O. The standard InChI is InChI=1S/C22H24F4N8O/c1-3-32-8-7-17(22(25,26)12-32)27-21-28-20(35-2)19-14(6-9-33(19)30-21)13-4-5-15-16(10-13)34(31-29-15)11-18(23)24/h4-6,9-10,17-18H,3,7-8,11-12H2,1-2H3,(H,27,30)/t17-/m1/s1. The van der Waals surface area contributed by atoms with E-state index >= 15 is 0 Å². The van der Waals surface area contributed by atoms with Crippen LogP contribution in [-0.4, -0.2) is 79.6 Å². The average molecular weight is 492 g/mol. The Bertz CT molecular complexity index is 1350. The molecule has 35 heavy (non-hydrogen) atoms. The zero-order valence-electron chi connectivity index (χ0n) is 19.1. The highest BCUT2D eigenvalue weighted by molar-refractivity contribution is 5.89. The van der Waals surface area contributed by atoms with Crippen LogP contribution in [0.3, 0.4) is 0 Å². The highest BCUT2D eigenvalue weighted by Crippen LogP contribution is 2.34. The van der Waals surface area contributed by atoms with E-state index in [-0.39, 0.29) is 24.8 Å². The summed E-state index contributed by atoms with van der Waals surface area (Å²) in [7, 11) is 1.43. The second-order valence-electron chi connectivity index (χ2n) is 8.45. The van der Waals surface area contributed by atoms with Crippen molar-refractivity contribution in [3.63, 3.8) is 0 Å². The van der Waals surface area contributed by atoms with Gasteiger partial charge in [-0.2, -0.15) is 4.98 Å². The Hall–Kier alpha value is -3.48. The molecule has 0 amide bonds. The molecule has 5 rings (SSSR count). The Morgan fingerprint density at radius 1 is 1.26 bits per heavy atom. The molecule has 4 aromatic rings. The number of rotatable bonds is 7. The quantitative estimate of drug-likeness (QED) is 0.395. The number of nitrogens with one attached hydrogen (secondary N) is 1. The summed E-state index contributed by atoms with van der Waals surface area (Å²) in [6.45, 7) is 2.08. The molecule has 1 aliphatic rings. The third kappa shape index (κ3) is 4.35. The van der Waals surface area contributed by atoms with E-state index in [1.54, 1.807) is 35.4 Å². The molecule has 0 spiro atoms. The number of fused-ring (bicyclic) bond motifs is 2. The third-order valence-electron chi connectivity index (χ3n) is 6.24. The van der Waals surface area contributed by atoms with Gasteiger partial charge in [-0.3, -0.25) is 4.90 Å². The van der Waals surface area contributed by atoms with Gasteiger partial charge in [0, 0.05) is 18.3 Å². The highest BCUT2D eigenvalue weighted by atomic mass is 19.3. The van der Waals surface area contributed by atoms with Gasteiger partial charge in [-0.05, 0) is 36.7 Å². The lowest BCUT2D eigenvalue weighted by atomic mass is 10.0. The van der Waals surface area contributed by atoms with E-state index in [1.165, 1.54) is 11.6 Å². The van der Waals surface area contributed by atoms with Gasteiger partial charge in [-0.1, -0.05) is 18.2 Å². The number of anilines is 1. The monoisotopic (exact) mass is 492 g/mol. The number of aromatic nitrogens is 6. The Kier molecular flexibility index (Phi) is 5.95. The van der Waals surface area contributed by atoms with Crippen molar-refractivity contribution in [2.75, 3.05) is 32.1 Å². The van der Waals surface area contributed by atoms with Crippen LogP contribution < -0.4 is 10.1 Å². The van der Waals surface area contributed by atoms with Gasteiger partial charge in [0.1, 0.15) is 17.6 Å². The predicted molar refractivity (Wildman–Crippen MR) is 121 cm³/mol. The van der Waals surface area contributed by atoms with E-state index < -0.39 is 24.9 Å². The van der Waals surface area contributed by atoms with Crippen LogP contribution in [0.25, 0.3) is 27.7 Å². The molecule has 0 radical (unpaired) electrons. The SMILES string of the molecule is CCN1CC[C@@H](Nc2nc(OC)c3c(-c4ccc5nnn(CC(F)F)c5c4)ccn3n2)C(F)(F)C1. The topological polar surface area (TPSA) is 85.4 Å². The van der Waals surface area contributed by atoms with Crippen LogP contribution in [0.4, 0.5) is 23.5 Å². The van der Waals surface area contributed by atoms with Crippen LogP contribution in [0, 0.1) is 0 Å². The summed E-state index contributed by atoms with van der Waals surface area (Å²) in [4.78, 5) is 6.05. The minimum atomic E-state index is -2.94. The second-order valence-corrected chi connectivity index (χ2v) is 8.45. The molecule has 1 saturated heterocycles. The molecule has 13 heteroatoms. The highest BCUT2D eigenvalue weighted by Gasteiger charge is 2.44. The average Bonchev–Trinajstić information content (AvgIpc) is 3.43. The number of piperidine rings is 1. The van der Waals surface area contributed by atoms with Gasteiger partial charge >= 0.3 is 0 Å². The van der Waals surface area contributed by atoms with Gasteiger partial charge in [-0.15, -0.1) is 10.2 Å². The van der Waals surface area contributed by atoms with Crippen molar-refractivity contribution < 1.29 is 22.3 Å². The largest absolute Gasteiger partial charge is 0.479 e. The summed E-state index contributed by atoms with van der Waals surface area (Å²) in [6, 6.07) is 5.85. The third-order valence-corrected chi connectivity index (χ3v) is 6.24. The number of hydrogen-bond acceptors (Lipinski definition) is 7. The zero-order valence-corrected chi connectivity index (χ0v) is 19.1. The van der Waals surface area contributed by atoms with E-state index in [9.17, 15) is 17.6 Å². The smallest absolute Gasteiger partial charge is 0.280 e. The molecule has 9 nitrogen and oxygen atoms in total. The van der Waals surface area contributed by atoms with Crippen molar-refractivity contribution in [1.29, 1.82) is 0 Å². The first-order chi connectivity index (χ1) is 16.8. The van der Waals surface area contributed by atoms with Crippen LogP contribution in [-0.2, 0) is 6.54 Å². The fraction of sp³-hybridized carbons (Fsp3) is 0.455. The van der Waals surface area contributed by atoms with E-state index in [2.05, 4.69) is 25.7 Å². The molecule has 186 valence electrons. The summed E-state index contributed by atoms with van der Waals surface area (Å²) >= 11 is 0. The Morgan fingerprint density at radius 2 is 2.09 bits per heavy atom. The summed E-state index contributed by atoms with van der Waals surface area (Å²) in [5, 5.41) is 14.9. The van der Waals surface area contributed by atoms with Gasteiger partial charge < -0.3 is 10.1 Å². The Labute approximate surface area is 197 Å². The number of benzene rings is 1. The minimum absolute atomic E-state index is 0.0285. The maximum atomic E-state index is 14.7. The Morgan fingerprint density at radius 3 is 2.80 bits per heavy atom. The molecule has 0 saturated carbocycles. The number of hydrogen-bond donors (Lipinski definition) is 1. The van der Waals surface area contributed by atoms with Crippen molar-refractivity contribution in [3.05, 3.63) is 30.5 Å². The van der Waals surface area contributed by atoms with Crippen LogP contribution in [0.1, 0.15) is 13.3 Å². The maximum Gasteiger partial charge on any atom is 0.280 e. The van der Waals surface area contributed by atoms with Crippen molar-refractivity contribution in [2.45, 2.75) is 38.3 Å². The first-order valence-corrected chi connectivity index (χ1v) is 11.2. The van der Waals surface area contributed by atoms with E-state index in [0.717, 1.165) is 4.68 Å². The lowest BCUT2D eigenvalue weighted by molar-refractivity contribution is -0.0726. The van der Waals surface area contributed by atoms with Crippen molar-refractivity contribution in [1.82, 2.24) is 34.5 Å². The fourth-order valence-corrected chi connectivity index (χ4v) is 4.44. The first-order valence-electron chi connectivity index (χ1n) is 11.2. The Balaban J connectivity index is 1.49. The lowest BCUT2D eigenvalue weighted by Gasteiger charge is -2.38. The van der Waals surface area contributed by atoms with Crippen LogP contribution in [0.15, 0.2) is 30.5 Å². The summed E-state index contributed by atoms with van der Waals surface area (Å²) in [6.07, 6.45) is -0.654. The van der Waals surface area contributed by atoms with Crippen molar-refractivity contribution >= 4 is 22.5 Å². The second kappa shape index (κ2) is 8.95. The normalized spacial score (nSPS) is 18.5. The molecule has 1 fully saturated rings. The molecule has 1 N–H and O–H groups in total. The first kappa shape index (κ1) is 23.3. The van der Waals surface area contributed by atoms with Gasteiger partial charge in [0.2, 0.25) is 11.8 Å². The fourth-order valence-electron chi connectivity index (χ4n) is 4.44. The summed E-state index contributed by atoms with van der Waals surface area (Å²) in [5.74, 6) is -2.72. The molecule has 0 unspecified atom stereocenters. The lowest BCUT2D eigenvalue weighted by Crippen LogP contribution is -2.54. The molecule has 1 aromatic carbocycles. The number of likely N-dealkylation sites (tertiary alicyclic amines) is 1. The van der Waals surface area contributed by atoms with Gasteiger partial charge in [0.25, 0.3) is 12.3 Å². The van der Waals surface area contributed by atoms with Crippen LogP contribution >= 0.6 is 0 Å². The van der Waals surface area contributed by atoms with Gasteiger partial charge in [0.05, 0.1) is 25.2 Å². The van der Waals surface area contributed by atoms with Crippen LogP contribution in [0.5, 0.6) is 5.88 Å². The van der Waals surface area contributed by atoms with E-state index in [4.69, 9.17) is 4.74 Å². The maximum absolute atomic E-state index is 14.7. The summed E-state index contributed by atoms with van der Waals surface area (Å²) in [5.41, 5.74) is 2.84. The molecule has 3 aromatic heterocycles. The number of nitrogens with zero attached hydrogens (tertiary/aromatic N) is 7. The van der Waals surface area contributed by atoms with Crippen molar-refractivity contribution in [2.24, 2.45) is 0 Å². The molecule has 0 bridgehead atoms. The molecule has 1 atom stereocenters. The molecule has 4 heterocycles. The zero-order chi connectivity index (χ0) is 24.7. The molecule has 1 aliphatic heterocycles. The number of ether oxygens (including phenoxy) is 1. The van der Waals surface area contributed by atoms with Gasteiger partial charge in [-0.25, -0.2) is 26.8 Å². The van der Waals surface area contributed by atoms with Crippen molar-refractivity contribution in [3.8, 4) is 17.0 Å². The molecule has 0 aliphatic carbocycles. The van der Waals surface area contributed by atoms with E-state index in [1.807, 2.05) is 6.92 Å². The minimum Gasteiger partial charge on any atom is -0.479 e. The number of halogens is 4. The molecular weight excluding hydrogens is 468 g/mol. The number of methoxy groups -OCH3 is 1.